The zero-order valence-corrected chi connectivity index (χ0v) is 15.0. The Kier molecular flexibility index (Phi) is 4.60. The lowest BCUT2D eigenvalue weighted by atomic mass is 10.2. The molecule has 0 aliphatic carbocycles. The maximum absolute atomic E-state index is 12.1. The Balaban J connectivity index is 1.78. The van der Waals surface area contributed by atoms with Crippen molar-refractivity contribution in [2.24, 2.45) is 0 Å². The van der Waals surface area contributed by atoms with Crippen LogP contribution in [0, 0.1) is 6.92 Å². The van der Waals surface area contributed by atoms with Gasteiger partial charge in [0.25, 0.3) is 5.56 Å². The number of nitrogens with zero attached hydrogens (tertiary/aromatic N) is 2. The van der Waals surface area contributed by atoms with Gasteiger partial charge in [0, 0.05) is 18.5 Å². The second-order valence-electron chi connectivity index (χ2n) is 5.84. The van der Waals surface area contributed by atoms with Crippen molar-refractivity contribution < 1.29 is 17.9 Å². The minimum Gasteiger partial charge on any atom is -0.456 e. The normalized spacial score (nSPS) is 11.5. The Bertz CT molecular complexity index is 1150. The van der Waals surface area contributed by atoms with E-state index < -0.39 is 15.8 Å². The molecule has 0 aliphatic rings. The van der Waals surface area contributed by atoms with E-state index in [0.29, 0.717) is 11.3 Å². The molecule has 0 amide bonds. The first kappa shape index (κ1) is 17.8. The average molecular weight is 372 g/mol. The van der Waals surface area contributed by atoms with Crippen LogP contribution in [-0.4, -0.2) is 30.0 Å². The first-order valence-electron chi connectivity index (χ1n) is 7.71. The molecule has 0 unspecified atom stereocenters. The first-order chi connectivity index (χ1) is 12.3. The number of esters is 1. The maximum Gasteiger partial charge on any atom is 0.338 e. The Hall–Kier alpha value is -3.00. The van der Waals surface area contributed by atoms with Gasteiger partial charge in [-0.3, -0.25) is 9.20 Å². The van der Waals surface area contributed by atoms with E-state index >= 15 is 0 Å². The largest absolute Gasteiger partial charge is 0.456 e. The zero-order chi connectivity index (χ0) is 18.9. The van der Waals surface area contributed by atoms with Crippen LogP contribution < -0.4 is 5.56 Å². The Morgan fingerprint density at radius 1 is 1.19 bits per heavy atom. The molecule has 7 nitrogen and oxygen atoms in total. The monoisotopic (exact) mass is 372 g/mol. The molecule has 0 fully saturated rings. The van der Waals surface area contributed by atoms with E-state index in [2.05, 4.69) is 4.98 Å². The smallest absolute Gasteiger partial charge is 0.338 e. The van der Waals surface area contributed by atoms with Crippen molar-refractivity contribution in [1.82, 2.24) is 9.38 Å². The molecule has 0 saturated carbocycles. The summed E-state index contributed by atoms with van der Waals surface area (Å²) in [6.07, 6.45) is 2.71. The highest BCUT2D eigenvalue weighted by atomic mass is 32.2. The van der Waals surface area contributed by atoms with Crippen LogP contribution in [0.3, 0.4) is 0 Å². The van der Waals surface area contributed by atoms with E-state index in [-0.39, 0.29) is 22.6 Å². The Morgan fingerprint density at radius 3 is 2.54 bits per heavy atom. The maximum atomic E-state index is 12.1. The van der Waals surface area contributed by atoms with Crippen molar-refractivity contribution >= 4 is 21.5 Å². The third-order valence-electron chi connectivity index (χ3n) is 3.81. The average Bonchev–Trinajstić information content (AvgIpc) is 2.60. The fourth-order valence-corrected chi connectivity index (χ4v) is 3.07. The van der Waals surface area contributed by atoms with Gasteiger partial charge in [0.1, 0.15) is 12.3 Å². The quantitative estimate of drug-likeness (QED) is 0.648. The van der Waals surface area contributed by atoms with Crippen molar-refractivity contribution in [3.05, 3.63) is 75.8 Å². The summed E-state index contributed by atoms with van der Waals surface area (Å²) < 4.78 is 29.5. The summed E-state index contributed by atoms with van der Waals surface area (Å²) in [5.74, 6) is -0.628. The van der Waals surface area contributed by atoms with Crippen LogP contribution in [0.5, 0.6) is 0 Å². The van der Waals surface area contributed by atoms with E-state index in [9.17, 15) is 18.0 Å². The predicted molar refractivity (Wildman–Crippen MR) is 94.9 cm³/mol. The molecule has 0 spiro atoms. The van der Waals surface area contributed by atoms with Crippen molar-refractivity contribution in [3.63, 3.8) is 0 Å². The molecule has 134 valence electrons. The molecule has 0 aliphatic heterocycles. The third-order valence-corrected chi connectivity index (χ3v) is 4.94. The molecule has 26 heavy (non-hydrogen) atoms. The van der Waals surface area contributed by atoms with Crippen LogP contribution in [-0.2, 0) is 21.2 Å². The number of rotatable bonds is 4. The standard InChI is InChI=1S/C18H16N2O5S/c1-12-4-3-9-20-16(21)10-14(19-17(12)20)11-25-18(22)13-5-7-15(8-6-13)26(2,23)24/h3-10H,11H2,1-2H3. The molecule has 0 bridgehead atoms. The summed E-state index contributed by atoms with van der Waals surface area (Å²) in [6, 6.07) is 10.3. The highest BCUT2D eigenvalue weighted by Gasteiger charge is 2.12. The number of sulfone groups is 1. The van der Waals surface area contributed by atoms with Gasteiger partial charge in [0.15, 0.2) is 9.84 Å². The minimum absolute atomic E-state index is 0.119. The van der Waals surface area contributed by atoms with Crippen molar-refractivity contribution in [1.29, 1.82) is 0 Å². The van der Waals surface area contributed by atoms with E-state index in [1.807, 2.05) is 13.0 Å². The van der Waals surface area contributed by atoms with Gasteiger partial charge in [-0.1, -0.05) is 6.07 Å². The minimum atomic E-state index is -3.33. The number of carbonyl (C=O) groups excluding carboxylic acids is 1. The number of benzene rings is 1. The summed E-state index contributed by atoms with van der Waals surface area (Å²) in [5, 5.41) is 0. The fourth-order valence-electron chi connectivity index (χ4n) is 2.44. The molecule has 0 radical (unpaired) electrons. The summed E-state index contributed by atoms with van der Waals surface area (Å²) in [6.45, 7) is 1.67. The van der Waals surface area contributed by atoms with Crippen LogP contribution in [0.25, 0.3) is 5.65 Å². The lowest BCUT2D eigenvalue weighted by Gasteiger charge is -2.07. The van der Waals surface area contributed by atoms with Gasteiger partial charge < -0.3 is 4.74 Å². The van der Waals surface area contributed by atoms with Crippen LogP contribution >= 0.6 is 0 Å². The predicted octanol–water partition coefficient (Wildman–Crippen LogP) is 1.76. The van der Waals surface area contributed by atoms with Crippen molar-refractivity contribution in [3.8, 4) is 0 Å². The molecule has 1 aromatic carbocycles. The zero-order valence-electron chi connectivity index (χ0n) is 14.2. The Morgan fingerprint density at radius 2 is 1.88 bits per heavy atom. The number of aryl methyl sites for hydroxylation is 1. The number of carbonyl (C=O) groups is 1. The molecule has 2 heterocycles. The van der Waals surface area contributed by atoms with E-state index in [1.54, 1.807) is 12.3 Å². The van der Waals surface area contributed by atoms with E-state index in [1.165, 1.54) is 34.7 Å². The fraction of sp³-hybridized carbons (Fsp3) is 0.167. The van der Waals surface area contributed by atoms with Gasteiger partial charge >= 0.3 is 5.97 Å². The second kappa shape index (κ2) is 6.72. The van der Waals surface area contributed by atoms with Gasteiger partial charge in [-0.05, 0) is 42.8 Å². The van der Waals surface area contributed by atoms with Crippen LogP contribution in [0.4, 0.5) is 0 Å². The molecule has 8 heteroatoms. The first-order valence-corrected chi connectivity index (χ1v) is 9.60. The highest BCUT2D eigenvalue weighted by molar-refractivity contribution is 7.90. The van der Waals surface area contributed by atoms with Crippen molar-refractivity contribution in [2.75, 3.05) is 6.26 Å². The molecule has 0 saturated heterocycles. The molecular formula is C18H16N2O5S. The third kappa shape index (κ3) is 3.65. The second-order valence-corrected chi connectivity index (χ2v) is 7.86. The molecule has 3 aromatic rings. The summed E-state index contributed by atoms with van der Waals surface area (Å²) >= 11 is 0. The van der Waals surface area contributed by atoms with Gasteiger partial charge in [-0.15, -0.1) is 0 Å². The van der Waals surface area contributed by atoms with Crippen LogP contribution in [0.2, 0.25) is 0 Å². The molecular weight excluding hydrogens is 356 g/mol. The summed E-state index contributed by atoms with van der Waals surface area (Å²) in [7, 11) is -3.33. The number of hydrogen-bond acceptors (Lipinski definition) is 6. The summed E-state index contributed by atoms with van der Waals surface area (Å²) in [4.78, 5) is 28.7. The number of ether oxygens (including phenoxy) is 1. The number of hydrogen-bond donors (Lipinski definition) is 0. The number of fused-ring (bicyclic) bond motifs is 1. The van der Waals surface area contributed by atoms with E-state index in [0.717, 1.165) is 11.8 Å². The highest BCUT2D eigenvalue weighted by Crippen LogP contribution is 2.12. The van der Waals surface area contributed by atoms with Gasteiger partial charge in [-0.25, -0.2) is 18.2 Å². The lowest BCUT2D eigenvalue weighted by Crippen LogP contribution is -2.17. The lowest BCUT2D eigenvalue weighted by molar-refractivity contribution is 0.0467. The Labute approximate surface area is 149 Å². The number of aromatic nitrogens is 2. The van der Waals surface area contributed by atoms with Crippen LogP contribution in [0.1, 0.15) is 21.6 Å². The van der Waals surface area contributed by atoms with Crippen LogP contribution in [0.15, 0.2) is 58.4 Å². The van der Waals surface area contributed by atoms with Gasteiger partial charge in [0.05, 0.1) is 16.2 Å². The topological polar surface area (TPSA) is 94.8 Å². The van der Waals surface area contributed by atoms with Crippen molar-refractivity contribution in [2.45, 2.75) is 18.4 Å². The molecule has 3 rings (SSSR count). The van der Waals surface area contributed by atoms with Gasteiger partial charge in [0.2, 0.25) is 0 Å². The molecule has 2 aromatic heterocycles. The SMILES string of the molecule is Cc1cccn2c(=O)cc(COC(=O)c3ccc(S(C)(=O)=O)cc3)nc12. The number of pyridine rings is 1. The van der Waals surface area contributed by atoms with E-state index in [4.69, 9.17) is 4.74 Å². The molecule has 0 N–H and O–H groups in total. The molecule has 0 atom stereocenters. The summed E-state index contributed by atoms with van der Waals surface area (Å²) in [5.41, 5.74) is 1.62. The van der Waals surface area contributed by atoms with Gasteiger partial charge in [-0.2, -0.15) is 0 Å².